The molecule has 5 nitrogen and oxygen atoms in total. The summed E-state index contributed by atoms with van der Waals surface area (Å²) >= 11 is 0. The van der Waals surface area contributed by atoms with Gasteiger partial charge in [-0.1, -0.05) is 0 Å². The molecule has 0 amide bonds. The van der Waals surface area contributed by atoms with E-state index in [-0.39, 0.29) is 0 Å². The summed E-state index contributed by atoms with van der Waals surface area (Å²) in [6, 6.07) is 5.43. The Bertz CT molecular complexity index is 564. The van der Waals surface area contributed by atoms with Crippen LogP contribution in [0, 0.1) is 6.92 Å². The number of rotatable bonds is 6. The third kappa shape index (κ3) is 3.30. The highest BCUT2D eigenvalue weighted by molar-refractivity contribution is 5.41. The summed E-state index contributed by atoms with van der Waals surface area (Å²) in [7, 11) is 1.61. The molecule has 0 saturated heterocycles. The van der Waals surface area contributed by atoms with Crippen LogP contribution in [0.1, 0.15) is 24.4 Å². The predicted molar refractivity (Wildman–Crippen MR) is 76.1 cm³/mol. The summed E-state index contributed by atoms with van der Waals surface area (Å²) < 4.78 is 13.0. The van der Waals surface area contributed by atoms with Crippen molar-refractivity contribution in [3.05, 3.63) is 42.0 Å². The summed E-state index contributed by atoms with van der Waals surface area (Å²) in [5, 5.41) is 9.76. The van der Waals surface area contributed by atoms with Crippen molar-refractivity contribution in [2.24, 2.45) is 0 Å². The molecule has 0 aliphatic carbocycles. The van der Waals surface area contributed by atoms with E-state index in [4.69, 9.17) is 9.47 Å². The second-order valence-corrected chi connectivity index (χ2v) is 4.60. The molecule has 1 N–H and O–H groups in total. The van der Waals surface area contributed by atoms with Gasteiger partial charge in [0.1, 0.15) is 23.9 Å². The predicted octanol–water partition coefficient (Wildman–Crippen LogP) is 2.33. The summed E-state index contributed by atoms with van der Waals surface area (Å²) in [4.78, 5) is 4.16. The molecule has 2 rings (SSSR count). The van der Waals surface area contributed by atoms with Crippen LogP contribution in [-0.2, 0) is 6.54 Å². The topological polar surface area (TPSA) is 56.5 Å². The van der Waals surface area contributed by atoms with E-state index in [0.717, 1.165) is 11.4 Å². The van der Waals surface area contributed by atoms with Crippen LogP contribution in [-0.4, -0.2) is 28.4 Å². The normalized spacial score (nSPS) is 12.2. The minimum absolute atomic E-state index is 0.504. The molecule has 5 heteroatoms. The van der Waals surface area contributed by atoms with Crippen molar-refractivity contribution >= 4 is 0 Å². The van der Waals surface area contributed by atoms with Gasteiger partial charge in [-0.3, -0.25) is 0 Å². The van der Waals surface area contributed by atoms with Crippen molar-refractivity contribution < 1.29 is 14.6 Å². The van der Waals surface area contributed by atoms with Crippen LogP contribution in [0.4, 0.5) is 0 Å². The Morgan fingerprint density at radius 2 is 2.20 bits per heavy atom. The Labute approximate surface area is 118 Å². The van der Waals surface area contributed by atoms with E-state index in [1.807, 2.05) is 29.8 Å². The van der Waals surface area contributed by atoms with Gasteiger partial charge in [-0.05, 0) is 26.0 Å². The molecule has 0 aliphatic rings. The Morgan fingerprint density at radius 3 is 2.80 bits per heavy atom. The molecule has 0 spiro atoms. The van der Waals surface area contributed by atoms with Gasteiger partial charge in [0.15, 0.2) is 0 Å². The number of ether oxygens (including phenoxy) is 2. The van der Waals surface area contributed by atoms with Gasteiger partial charge in [-0.15, -0.1) is 0 Å². The van der Waals surface area contributed by atoms with E-state index in [9.17, 15) is 5.11 Å². The van der Waals surface area contributed by atoms with Crippen LogP contribution in [0.2, 0.25) is 0 Å². The van der Waals surface area contributed by atoms with Gasteiger partial charge in [0.25, 0.3) is 0 Å². The van der Waals surface area contributed by atoms with Gasteiger partial charge in [0, 0.05) is 24.0 Å². The molecular weight excluding hydrogens is 256 g/mol. The molecule has 1 aromatic carbocycles. The smallest absolute Gasteiger partial charge is 0.128 e. The first-order chi connectivity index (χ1) is 9.61. The Morgan fingerprint density at radius 1 is 1.40 bits per heavy atom. The van der Waals surface area contributed by atoms with Gasteiger partial charge in [0.05, 0.1) is 19.8 Å². The summed E-state index contributed by atoms with van der Waals surface area (Å²) in [5.74, 6) is 2.32. The number of methoxy groups -OCH3 is 1. The van der Waals surface area contributed by atoms with Crippen molar-refractivity contribution in [1.29, 1.82) is 0 Å². The van der Waals surface area contributed by atoms with Crippen molar-refractivity contribution in [2.45, 2.75) is 26.5 Å². The fourth-order valence-electron chi connectivity index (χ4n) is 2.01. The molecule has 0 saturated carbocycles. The van der Waals surface area contributed by atoms with E-state index in [1.165, 1.54) is 0 Å². The summed E-state index contributed by atoms with van der Waals surface area (Å²) in [5.41, 5.74) is 0.758. The molecule has 20 heavy (non-hydrogen) atoms. The molecule has 0 aliphatic heterocycles. The number of aromatic nitrogens is 2. The molecule has 1 atom stereocenters. The average Bonchev–Trinajstić information content (AvgIpc) is 2.84. The van der Waals surface area contributed by atoms with Crippen molar-refractivity contribution in [2.75, 3.05) is 13.7 Å². The maximum atomic E-state index is 9.76. The fourth-order valence-corrected chi connectivity index (χ4v) is 2.01. The van der Waals surface area contributed by atoms with Crippen LogP contribution < -0.4 is 9.47 Å². The number of aliphatic hydroxyl groups is 1. The molecule has 0 bridgehead atoms. The lowest BCUT2D eigenvalue weighted by molar-refractivity contribution is 0.190. The second-order valence-electron chi connectivity index (χ2n) is 4.60. The van der Waals surface area contributed by atoms with E-state index < -0.39 is 6.10 Å². The lowest BCUT2D eigenvalue weighted by Gasteiger charge is -2.15. The minimum atomic E-state index is -0.578. The van der Waals surface area contributed by atoms with Crippen LogP contribution in [0.3, 0.4) is 0 Å². The fraction of sp³-hybridized carbons (Fsp3) is 0.400. The van der Waals surface area contributed by atoms with Crippen molar-refractivity contribution in [3.8, 4) is 11.5 Å². The quantitative estimate of drug-likeness (QED) is 0.879. The SMILES string of the molecule is COc1ccc([C@@H](C)O)c(OCCn2ccnc2C)c1. The highest BCUT2D eigenvalue weighted by atomic mass is 16.5. The van der Waals surface area contributed by atoms with Gasteiger partial charge < -0.3 is 19.1 Å². The van der Waals surface area contributed by atoms with Crippen molar-refractivity contribution in [1.82, 2.24) is 9.55 Å². The lowest BCUT2D eigenvalue weighted by Crippen LogP contribution is -2.10. The molecule has 0 radical (unpaired) electrons. The second kappa shape index (κ2) is 6.43. The number of benzene rings is 1. The third-order valence-electron chi connectivity index (χ3n) is 3.18. The highest BCUT2D eigenvalue weighted by Crippen LogP contribution is 2.29. The number of aliphatic hydroxyl groups excluding tert-OH is 1. The average molecular weight is 276 g/mol. The van der Waals surface area contributed by atoms with E-state index >= 15 is 0 Å². The summed E-state index contributed by atoms with van der Waals surface area (Å²) in [6.07, 6.45) is 3.10. The molecular formula is C15H20N2O3. The first-order valence-corrected chi connectivity index (χ1v) is 6.58. The van der Waals surface area contributed by atoms with E-state index in [1.54, 1.807) is 26.3 Å². The van der Waals surface area contributed by atoms with Gasteiger partial charge in [-0.25, -0.2) is 4.98 Å². The number of hydrogen-bond donors (Lipinski definition) is 1. The van der Waals surface area contributed by atoms with Crippen LogP contribution >= 0.6 is 0 Å². The first kappa shape index (κ1) is 14.4. The molecule has 1 aromatic heterocycles. The molecule has 0 fully saturated rings. The summed E-state index contributed by atoms with van der Waals surface area (Å²) in [6.45, 7) is 4.88. The maximum absolute atomic E-state index is 9.76. The molecule has 0 unspecified atom stereocenters. The number of aryl methyl sites for hydroxylation is 1. The van der Waals surface area contributed by atoms with E-state index in [2.05, 4.69) is 4.98 Å². The Kier molecular flexibility index (Phi) is 4.63. The molecule has 108 valence electrons. The lowest BCUT2D eigenvalue weighted by atomic mass is 10.1. The Balaban J connectivity index is 2.05. The third-order valence-corrected chi connectivity index (χ3v) is 3.18. The first-order valence-electron chi connectivity index (χ1n) is 6.58. The largest absolute Gasteiger partial charge is 0.497 e. The number of nitrogens with zero attached hydrogens (tertiary/aromatic N) is 2. The maximum Gasteiger partial charge on any atom is 0.128 e. The van der Waals surface area contributed by atoms with Crippen LogP contribution in [0.25, 0.3) is 0 Å². The van der Waals surface area contributed by atoms with E-state index in [0.29, 0.717) is 24.7 Å². The van der Waals surface area contributed by atoms with Crippen LogP contribution in [0.15, 0.2) is 30.6 Å². The zero-order valence-electron chi connectivity index (χ0n) is 12.0. The molecule has 2 aromatic rings. The highest BCUT2D eigenvalue weighted by Gasteiger charge is 2.10. The van der Waals surface area contributed by atoms with Crippen molar-refractivity contribution in [3.63, 3.8) is 0 Å². The zero-order valence-corrected chi connectivity index (χ0v) is 12.0. The molecule has 1 heterocycles. The van der Waals surface area contributed by atoms with Gasteiger partial charge >= 0.3 is 0 Å². The number of hydrogen-bond acceptors (Lipinski definition) is 4. The number of imidazole rings is 1. The van der Waals surface area contributed by atoms with Gasteiger partial charge in [0.2, 0.25) is 0 Å². The minimum Gasteiger partial charge on any atom is -0.497 e. The Hall–Kier alpha value is -2.01. The van der Waals surface area contributed by atoms with Crippen LogP contribution in [0.5, 0.6) is 11.5 Å². The standard InChI is InChI=1S/C15H20N2O3/c1-11(18)14-5-4-13(19-3)10-15(14)20-9-8-17-7-6-16-12(17)2/h4-7,10-11,18H,8-9H2,1-3H3/t11-/m1/s1. The zero-order chi connectivity index (χ0) is 14.5. The van der Waals surface area contributed by atoms with Gasteiger partial charge in [-0.2, -0.15) is 0 Å². The monoisotopic (exact) mass is 276 g/mol.